The lowest BCUT2D eigenvalue weighted by atomic mass is 9.86. The molecule has 2 atom stereocenters. The summed E-state index contributed by atoms with van der Waals surface area (Å²) in [4.78, 5) is 10.9. The summed E-state index contributed by atoms with van der Waals surface area (Å²) in [5.41, 5.74) is -0.145. The van der Waals surface area contributed by atoms with Crippen LogP contribution in [-0.2, 0) is 4.79 Å². The van der Waals surface area contributed by atoms with E-state index in [4.69, 9.17) is 5.11 Å². The Kier molecular flexibility index (Phi) is 5.26. The van der Waals surface area contributed by atoms with Crippen molar-refractivity contribution in [3.63, 3.8) is 0 Å². The van der Waals surface area contributed by atoms with Crippen molar-refractivity contribution in [1.82, 2.24) is 5.32 Å². The molecule has 0 aromatic heterocycles. The van der Waals surface area contributed by atoms with Gasteiger partial charge in [-0.15, -0.1) is 0 Å². The van der Waals surface area contributed by atoms with Gasteiger partial charge in [0.05, 0.1) is 6.42 Å². The molecule has 0 bridgehead atoms. The molecule has 1 saturated carbocycles. The lowest BCUT2D eigenvalue weighted by Gasteiger charge is -2.31. The van der Waals surface area contributed by atoms with Crippen LogP contribution in [0.2, 0.25) is 0 Å². The molecule has 0 radical (unpaired) electrons. The summed E-state index contributed by atoms with van der Waals surface area (Å²) in [6, 6.07) is 0. The molecule has 2 unspecified atom stereocenters. The maximum Gasteiger partial charge on any atom is 0.305 e. The lowest BCUT2D eigenvalue weighted by Crippen LogP contribution is -2.44. The van der Waals surface area contributed by atoms with Gasteiger partial charge in [0, 0.05) is 5.54 Å². The summed E-state index contributed by atoms with van der Waals surface area (Å²) in [6.07, 6.45) is 8.46. The molecule has 0 amide bonds. The van der Waals surface area contributed by atoms with Crippen LogP contribution in [-0.4, -0.2) is 23.7 Å². The zero-order valence-corrected chi connectivity index (χ0v) is 10.6. The second-order valence-electron chi connectivity index (χ2n) is 5.19. The van der Waals surface area contributed by atoms with E-state index in [2.05, 4.69) is 12.2 Å². The van der Waals surface area contributed by atoms with Gasteiger partial charge < -0.3 is 10.4 Å². The third kappa shape index (κ3) is 3.78. The van der Waals surface area contributed by atoms with Gasteiger partial charge in [0.1, 0.15) is 0 Å². The summed E-state index contributed by atoms with van der Waals surface area (Å²) in [6.45, 7) is 2.23. The highest BCUT2D eigenvalue weighted by Crippen LogP contribution is 2.34. The van der Waals surface area contributed by atoms with Crippen LogP contribution in [0.5, 0.6) is 0 Å². The van der Waals surface area contributed by atoms with Crippen LogP contribution in [0.1, 0.15) is 58.3 Å². The molecule has 3 nitrogen and oxygen atoms in total. The van der Waals surface area contributed by atoms with Gasteiger partial charge in [0.15, 0.2) is 0 Å². The Morgan fingerprint density at radius 3 is 2.75 bits per heavy atom. The number of carbonyl (C=O) groups is 1. The van der Waals surface area contributed by atoms with Gasteiger partial charge >= 0.3 is 5.97 Å². The lowest BCUT2D eigenvalue weighted by molar-refractivity contribution is -0.138. The van der Waals surface area contributed by atoms with Gasteiger partial charge in [0.2, 0.25) is 0 Å². The Balaban J connectivity index is 2.57. The van der Waals surface area contributed by atoms with Gasteiger partial charge in [-0.05, 0) is 32.2 Å². The van der Waals surface area contributed by atoms with Gasteiger partial charge in [-0.3, -0.25) is 4.79 Å². The molecule has 16 heavy (non-hydrogen) atoms. The molecule has 0 aromatic carbocycles. The monoisotopic (exact) mass is 227 g/mol. The van der Waals surface area contributed by atoms with E-state index in [0.29, 0.717) is 0 Å². The SMILES string of the molecule is CCCC1CCCC(CC(=O)O)(NC)CC1. The summed E-state index contributed by atoms with van der Waals surface area (Å²) < 4.78 is 0. The molecule has 0 aromatic rings. The van der Waals surface area contributed by atoms with Gasteiger partial charge in [-0.2, -0.15) is 0 Å². The van der Waals surface area contributed by atoms with Crippen LogP contribution in [0, 0.1) is 5.92 Å². The van der Waals surface area contributed by atoms with Gasteiger partial charge in [-0.1, -0.05) is 32.6 Å². The Hall–Kier alpha value is -0.570. The van der Waals surface area contributed by atoms with Crippen molar-refractivity contribution in [2.45, 2.75) is 63.8 Å². The first kappa shape index (κ1) is 13.5. The first-order chi connectivity index (χ1) is 7.62. The highest BCUT2D eigenvalue weighted by atomic mass is 16.4. The molecule has 0 aliphatic heterocycles. The van der Waals surface area contributed by atoms with E-state index < -0.39 is 5.97 Å². The Morgan fingerprint density at radius 1 is 1.44 bits per heavy atom. The van der Waals surface area contributed by atoms with Crippen molar-refractivity contribution in [3.8, 4) is 0 Å². The molecule has 0 saturated heterocycles. The third-order valence-corrected chi connectivity index (χ3v) is 4.02. The highest BCUT2D eigenvalue weighted by molar-refractivity contribution is 5.68. The Bertz CT molecular complexity index is 230. The predicted molar refractivity (Wildman–Crippen MR) is 65.5 cm³/mol. The van der Waals surface area contributed by atoms with Crippen molar-refractivity contribution in [2.24, 2.45) is 5.92 Å². The number of carboxylic acid groups (broad SMARTS) is 1. The molecular formula is C13H25NO2. The molecule has 1 fully saturated rings. The minimum absolute atomic E-state index is 0.145. The molecule has 1 rings (SSSR count). The number of carboxylic acids is 1. The van der Waals surface area contributed by atoms with Crippen molar-refractivity contribution in [2.75, 3.05) is 7.05 Å². The minimum atomic E-state index is -0.678. The topological polar surface area (TPSA) is 49.3 Å². The summed E-state index contributed by atoms with van der Waals surface area (Å²) >= 11 is 0. The van der Waals surface area contributed by atoms with E-state index in [9.17, 15) is 4.79 Å². The average Bonchev–Trinajstić information content (AvgIpc) is 2.42. The highest BCUT2D eigenvalue weighted by Gasteiger charge is 2.33. The zero-order chi connectivity index (χ0) is 12.0. The molecule has 1 aliphatic carbocycles. The summed E-state index contributed by atoms with van der Waals surface area (Å²) in [7, 11) is 1.91. The van der Waals surface area contributed by atoms with E-state index in [1.165, 1.54) is 32.1 Å². The number of aliphatic carboxylic acids is 1. The molecular weight excluding hydrogens is 202 g/mol. The van der Waals surface area contributed by atoms with E-state index in [1.807, 2.05) is 7.05 Å². The smallest absolute Gasteiger partial charge is 0.305 e. The van der Waals surface area contributed by atoms with Crippen LogP contribution >= 0.6 is 0 Å². The predicted octanol–water partition coefficient (Wildman–Crippen LogP) is 2.80. The number of rotatable bonds is 5. The van der Waals surface area contributed by atoms with E-state index in [0.717, 1.165) is 18.8 Å². The second-order valence-corrected chi connectivity index (χ2v) is 5.19. The maximum absolute atomic E-state index is 10.9. The molecule has 0 heterocycles. The first-order valence-corrected chi connectivity index (χ1v) is 6.52. The number of hydrogen-bond donors (Lipinski definition) is 2. The summed E-state index contributed by atoms with van der Waals surface area (Å²) in [5.74, 6) is 0.136. The third-order valence-electron chi connectivity index (χ3n) is 4.02. The zero-order valence-electron chi connectivity index (χ0n) is 10.6. The Labute approximate surface area is 98.6 Å². The van der Waals surface area contributed by atoms with Crippen molar-refractivity contribution in [1.29, 1.82) is 0 Å². The standard InChI is InChI=1S/C13H25NO2/c1-3-5-11-6-4-8-13(14-2,9-7-11)10-12(15)16/h11,14H,3-10H2,1-2H3,(H,15,16). The van der Waals surface area contributed by atoms with Crippen molar-refractivity contribution >= 4 is 5.97 Å². The molecule has 1 aliphatic rings. The molecule has 3 heteroatoms. The first-order valence-electron chi connectivity index (χ1n) is 6.52. The number of hydrogen-bond acceptors (Lipinski definition) is 2. The normalized spacial score (nSPS) is 31.0. The molecule has 0 spiro atoms. The van der Waals surface area contributed by atoms with Crippen molar-refractivity contribution < 1.29 is 9.90 Å². The fraction of sp³-hybridized carbons (Fsp3) is 0.923. The fourth-order valence-corrected chi connectivity index (χ4v) is 2.98. The summed E-state index contributed by atoms with van der Waals surface area (Å²) in [5, 5.41) is 12.3. The van der Waals surface area contributed by atoms with E-state index in [-0.39, 0.29) is 12.0 Å². The van der Waals surface area contributed by atoms with Crippen LogP contribution in [0.25, 0.3) is 0 Å². The largest absolute Gasteiger partial charge is 0.481 e. The maximum atomic E-state index is 10.9. The quantitative estimate of drug-likeness (QED) is 0.710. The van der Waals surface area contributed by atoms with Crippen LogP contribution < -0.4 is 5.32 Å². The molecule has 2 N–H and O–H groups in total. The van der Waals surface area contributed by atoms with E-state index >= 15 is 0 Å². The van der Waals surface area contributed by atoms with Crippen molar-refractivity contribution in [3.05, 3.63) is 0 Å². The number of nitrogens with one attached hydrogen (secondary N) is 1. The Morgan fingerprint density at radius 2 is 2.19 bits per heavy atom. The minimum Gasteiger partial charge on any atom is -0.481 e. The molecule has 94 valence electrons. The van der Waals surface area contributed by atoms with Crippen LogP contribution in [0.15, 0.2) is 0 Å². The van der Waals surface area contributed by atoms with E-state index in [1.54, 1.807) is 0 Å². The van der Waals surface area contributed by atoms with Gasteiger partial charge in [0.25, 0.3) is 0 Å². The second kappa shape index (κ2) is 6.24. The van der Waals surface area contributed by atoms with Crippen LogP contribution in [0.3, 0.4) is 0 Å². The van der Waals surface area contributed by atoms with Crippen LogP contribution in [0.4, 0.5) is 0 Å². The fourth-order valence-electron chi connectivity index (χ4n) is 2.98. The van der Waals surface area contributed by atoms with Gasteiger partial charge in [-0.25, -0.2) is 0 Å². The average molecular weight is 227 g/mol.